The summed E-state index contributed by atoms with van der Waals surface area (Å²) < 4.78 is 5.24. The normalized spacial score (nSPS) is 10.7. The zero-order valence-electron chi connectivity index (χ0n) is 11.8. The highest BCUT2D eigenvalue weighted by molar-refractivity contribution is 5.99. The van der Waals surface area contributed by atoms with E-state index in [1.807, 2.05) is 48.5 Å². The van der Waals surface area contributed by atoms with Gasteiger partial charge in [0.2, 0.25) is 0 Å². The van der Waals surface area contributed by atoms with Gasteiger partial charge in [0.25, 0.3) is 0 Å². The number of nitrogen functional groups attached to an aromatic ring is 1. The molecule has 3 aromatic rings. The second kappa shape index (κ2) is 5.81. The van der Waals surface area contributed by atoms with Crippen molar-refractivity contribution in [3.8, 4) is 0 Å². The van der Waals surface area contributed by atoms with Gasteiger partial charge in [-0.2, -0.15) is 0 Å². The molecule has 0 aliphatic heterocycles. The lowest BCUT2D eigenvalue weighted by atomic mass is 10.1. The van der Waals surface area contributed by atoms with Gasteiger partial charge in [-0.05, 0) is 30.3 Å². The number of methoxy groups -OCH3 is 1. The molecule has 2 aromatic carbocycles. The van der Waals surface area contributed by atoms with Gasteiger partial charge in [0.15, 0.2) is 0 Å². The third kappa shape index (κ3) is 2.66. The summed E-state index contributed by atoms with van der Waals surface area (Å²) in [4.78, 5) is 4.44. The van der Waals surface area contributed by atoms with Gasteiger partial charge in [0, 0.05) is 35.6 Å². The summed E-state index contributed by atoms with van der Waals surface area (Å²) in [7, 11) is 1.69. The number of anilines is 3. The predicted molar refractivity (Wildman–Crippen MR) is 86.6 cm³/mol. The first kappa shape index (κ1) is 13.4. The van der Waals surface area contributed by atoms with Crippen LogP contribution in [0.2, 0.25) is 0 Å². The molecule has 0 unspecified atom stereocenters. The fourth-order valence-corrected chi connectivity index (χ4v) is 2.36. The number of hydrogen-bond acceptors (Lipinski definition) is 4. The highest BCUT2D eigenvalue weighted by atomic mass is 16.5. The first-order valence-corrected chi connectivity index (χ1v) is 6.76. The minimum Gasteiger partial charge on any atom is -0.398 e. The topological polar surface area (TPSA) is 60.2 Å². The molecular formula is C17H17N3O. The molecule has 3 rings (SSSR count). The van der Waals surface area contributed by atoms with Gasteiger partial charge in [0.1, 0.15) is 0 Å². The molecule has 1 aromatic heterocycles. The first-order chi connectivity index (χ1) is 10.3. The molecule has 106 valence electrons. The quantitative estimate of drug-likeness (QED) is 0.715. The van der Waals surface area contributed by atoms with Crippen LogP contribution in [0.4, 0.5) is 17.1 Å². The van der Waals surface area contributed by atoms with E-state index in [9.17, 15) is 0 Å². The molecule has 21 heavy (non-hydrogen) atoms. The molecule has 0 saturated heterocycles. The highest BCUT2D eigenvalue weighted by Crippen LogP contribution is 2.29. The lowest BCUT2D eigenvalue weighted by molar-refractivity contribution is 0.185. The summed E-state index contributed by atoms with van der Waals surface area (Å²) in [5.41, 5.74) is 10.6. The number of fused-ring (bicyclic) bond motifs is 1. The number of benzene rings is 2. The van der Waals surface area contributed by atoms with Crippen molar-refractivity contribution in [1.82, 2.24) is 4.98 Å². The predicted octanol–water partition coefficient (Wildman–Crippen LogP) is 3.71. The number of pyridine rings is 1. The monoisotopic (exact) mass is 279 g/mol. The lowest BCUT2D eigenvalue weighted by Gasteiger charge is -2.13. The van der Waals surface area contributed by atoms with E-state index in [2.05, 4.69) is 10.3 Å². The maximum absolute atomic E-state index is 6.01. The van der Waals surface area contributed by atoms with Crippen LogP contribution >= 0.6 is 0 Å². The lowest BCUT2D eigenvalue weighted by Crippen LogP contribution is -1.99. The van der Waals surface area contributed by atoms with E-state index in [-0.39, 0.29) is 0 Å². The van der Waals surface area contributed by atoms with Crippen LogP contribution in [0.25, 0.3) is 10.9 Å². The van der Waals surface area contributed by atoms with Crippen LogP contribution in [0.5, 0.6) is 0 Å². The summed E-state index contributed by atoms with van der Waals surface area (Å²) in [5, 5.41) is 4.38. The van der Waals surface area contributed by atoms with E-state index in [4.69, 9.17) is 10.5 Å². The Balaban J connectivity index is 2.05. The average molecular weight is 279 g/mol. The Morgan fingerprint density at radius 1 is 1.05 bits per heavy atom. The maximum Gasteiger partial charge on any atom is 0.0957 e. The van der Waals surface area contributed by atoms with E-state index in [0.29, 0.717) is 6.61 Å². The molecule has 3 N–H and O–H groups in total. The van der Waals surface area contributed by atoms with Crippen LogP contribution in [0.3, 0.4) is 0 Å². The van der Waals surface area contributed by atoms with Crippen molar-refractivity contribution in [1.29, 1.82) is 0 Å². The van der Waals surface area contributed by atoms with Crippen molar-refractivity contribution in [2.24, 2.45) is 0 Å². The van der Waals surface area contributed by atoms with Gasteiger partial charge in [-0.25, -0.2) is 0 Å². The molecule has 4 heteroatoms. The Labute approximate surface area is 123 Å². The average Bonchev–Trinajstić information content (AvgIpc) is 2.52. The Kier molecular flexibility index (Phi) is 3.71. The second-order valence-corrected chi connectivity index (χ2v) is 4.82. The molecule has 0 fully saturated rings. The molecule has 0 saturated carbocycles. The van der Waals surface area contributed by atoms with Crippen LogP contribution in [-0.2, 0) is 11.3 Å². The minimum atomic E-state index is 0.559. The van der Waals surface area contributed by atoms with Crippen LogP contribution in [0.1, 0.15) is 5.56 Å². The number of para-hydroxylation sites is 1. The number of aromatic nitrogens is 1. The molecular weight excluding hydrogens is 262 g/mol. The van der Waals surface area contributed by atoms with Crippen molar-refractivity contribution in [2.45, 2.75) is 6.61 Å². The third-order valence-electron chi connectivity index (χ3n) is 3.39. The van der Waals surface area contributed by atoms with Crippen LogP contribution in [0.15, 0.2) is 54.7 Å². The van der Waals surface area contributed by atoms with Gasteiger partial charge in [0.05, 0.1) is 17.8 Å². The number of nitrogens with one attached hydrogen (secondary N) is 1. The highest BCUT2D eigenvalue weighted by Gasteiger charge is 2.07. The molecule has 0 aliphatic rings. The smallest absolute Gasteiger partial charge is 0.0957 e. The van der Waals surface area contributed by atoms with Crippen LogP contribution in [-0.4, -0.2) is 12.1 Å². The van der Waals surface area contributed by atoms with E-state index in [0.717, 1.165) is 33.5 Å². The van der Waals surface area contributed by atoms with E-state index in [1.54, 1.807) is 13.3 Å². The summed E-state index contributed by atoms with van der Waals surface area (Å²) in [5.74, 6) is 0. The summed E-state index contributed by atoms with van der Waals surface area (Å²) >= 11 is 0. The van der Waals surface area contributed by atoms with Crippen molar-refractivity contribution >= 4 is 28.0 Å². The molecule has 0 amide bonds. The SMILES string of the molecule is COCc1ccccc1Nc1ccc(N)c2cccnc12. The molecule has 0 aliphatic carbocycles. The van der Waals surface area contributed by atoms with Gasteiger partial charge in [-0.3, -0.25) is 4.98 Å². The molecule has 0 atom stereocenters. The van der Waals surface area contributed by atoms with Crippen molar-refractivity contribution in [3.05, 3.63) is 60.3 Å². The molecule has 4 nitrogen and oxygen atoms in total. The van der Waals surface area contributed by atoms with Gasteiger partial charge in [-0.15, -0.1) is 0 Å². The molecule has 0 spiro atoms. The summed E-state index contributed by atoms with van der Waals surface area (Å²) in [6, 6.07) is 15.8. The zero-order valence-corrected chi connectivity index (χ0v) is 11.8. The number of rotatable bonds is 4. The van der Waals surface area contributed by atoms with Crippen molar-refractivity contribution in [3.63, 3.8) is 0 Å². The van der Waals surface area contributed by atoms with E-state index < -0.39 is 0 Å². The fraction of sp³-hybridized carbons (Fsp3) is 0.118. The largest absolute Gasteiger partial charge is 0.398 e. The number of nitrogens with zero attached hydrogens (tertiary/aromatic N) is 1. The van der Waals surface area contributed by atoms with Crippen molar-refractivity contribution < 1.29 is 4.74 Å². The number of hydrogen-bond donors (Lipinski definition) is 2. The maximum atomic E-state index is 6.01. The van der Waals surface area contributed by atoms with Crippen LogP contribution in [0, 0.1) is 0 Å². The number of ether oxygens (including phenoxy) is 1. The van der Waals surface area contributed by atoms with Gasteiger partial charge >= 0.3 is 0 Å². The first-order valence-electron chi connectivity index (χ1n) is 6.76. The standard InChI is InChI=1S/C17H17N3O/c1-21-11-12-5-2-3-7-15(12)20-16-9-8-14(18)13-6-4-10-19-17(13)16/h2-10,20H,11,18H2,1H3. The Morgan fingerprint density at radius 2 is 1.90 bits per heavy atom. The van der Waals surface area contributed by atoms with Gasteiger partial charge in [-0.1, -0.05) is 18.2 Å². The summed E-state index contributed by atoms with van der Waals surface area (Å²) in [6.45, 7) is 0.559. The molecule has 0 radical (unpaired) electrons. The van der Waals surface area contributed by atoms with E-state index >= 15 is 0 Å². The van der Waals surface area contributed by atoms with Crippen LogP contribution < -0.4 is 11.1 Å². The summed E-state index contributed by atoms with van der Waals surface area (Å²) in [6.07, 6.45) is 1.77. The second-order valence-electron chi connectivity index (χ2n) is 4.82. The van der Waals surface area contributed by atoms with Crippen molar-refractivity contribution in [2.75, 3.05) is 18.2 Å². The minimum absolute atomic E-state index is 0.559. The third-order valence-corrected chi connectivity index (χ3v) is 3.39. The fourth-order valence-electron chi connectivity index (χ4n) is 2.36. The Morgan fingerprint density at radius 3 is 2.76 bits per heavy atom. The molecule has 0 bridgehead atoms. The van der Waals surface area contributed by atoms with Gasteiger partial charge < -0.3 is 15.8 Å². The Bertz CT molecular complexity index is 771. The zero-order chi connectivity index (χ0) is 14.7. The Hall–Kier alpha value is -2.59. The number of nitrogens with two attached hydrogens (primary N) is 1. The van der Waals surface area contributed by atoms with E-state index in [1.165, 1.54) is 0 Å². The molecule has 1 heterocycles.